The molecule has 0 saturated carbocycles. The Hall–Kier alpha value is -2.03. The maximum atomic E-state index is 13.2. The zero-order chi connectivity index (χ0) is 20.9. The van der Waals surface area contributed by atoms with Crippen LogP contribution in [0.2, 0.25) is 5.02 Å². The van der Waals surface area contributed by atoms with Gasteiger partial charge in [-0.15, -0.1) is 0 Å². The fourth-order valence-corrected chi connectivity index (χ4v) is 5.72. The van der Waals surface area contributed by atoms with Gasteiger partial charge < -0.3 is 15.6 Å². The van der Waals surface area contributed by atoms with Gasteiger partial charge in [-0.3, -0.25) is 0 Å². The van der Waals surface area contributed by atoms with E-state index in [1.165, 1.54) is 12.1 Å². The summed E-state index contributed by atoms with van der Waals surface area (Å²) in [6, 6.07) is 9.37. The largest absolute Gasteiger partial charge is 0.365 e. The van der Waals surface area contributed by atoms with Gasteiger partial charge in [-0.05, 0) is 56.2 Å². The molecular weight excluding hydrogens is 412 g/mol. The Balaban J connectivity index is 1.60. The minimum Gasteiger partial charge on any atom is -0.365 e. The van der Waals surface area contributed by atoms with E-state index in [-0.39, 0.29) is 29.6 Å². The highest BCUT2D eigenvalue weighted by Gasteiger charge is 2.37. The molecule has 158 valence electrons. The number of sulfonamides is 1. The van der Waals surface area contributed by atoms with Crippen molar-refractivity contribution in [1.29, 1.82) is 0 Å². The van der Waals surface area contributed by atoms with Crippen LogP contribution in [0.15, 0.2) is 47.5 Å². The molecule has 1 aromatic carbocycles. The quantitative estimate of drug-likeness (QED) is 0.619. The van der Waals surface area contributed by atoms with Crippen LogP contribution in [-0.2, 0) is 16.4 Å². The van der Waals surface area contributed by atoms with E-state index in [9.17, 15) is 13.2 Å². The van der Waals surface area contributed by atoms with Crippen molar-refractivity contribution in [3.05, 3.63) is 53.3 Å². The Morgan fingerprint density at radius 3 is 2.66 bits per heavy atom. The highest BCUT2D eigenvalue weighted by atomic mass is 35.5. The van der Waals surface area contributed by atoms with Gasteiger partial charge in [-0.25, -0.2) is 13.2 Å². The maximum Gasteiger partial charge on any atom is 0.314 e. The average Bonchev–Trinajstić information content (AvgIpc) is 3.20. The third-order valence-corrected chi connectivity index (χ3v) is 7.52. The molecule has 29 heavy (non-hydrogen) atoms. The predicted octanol–water partition coefficient (Wildman–Crippen LogP) is 3.14. The van der Waals surface area contributed by atoms with Crippen molar-refractivity contribution in [2.75, 3.05) is 13.1 Å². The van der Waals surface area contributed by atoms with Crippen molar-refractivity contribution in [1.82, 2.24) is 19.9 Å². The molecule has 0 radical (unpaired) electrons. The number of benzene rings is 1. The second kappa shape index (κ2) is 9.65. The molecule has 7 nitrogen and oxygen atoms in total. The number of hydrogen-bond acceptors (Lipinski definition) is 3. The fourth-order valence-electron chi connectivity index (χ4n) is 3.72. The summed E-state index contributed by atoms with van der Waals surface area (Å²) in [6.07, 6.45) is 4.98. The minimum absolute atomic E-state index is 0.132. The fraction of sp³-hybridized carbons (Fsp3) is 0.450. The number of rotatable bonds is 7. The summed E-state index contributed by atoms with van der Waals surface area (Å²) in [4.78, 5) is 15.5. The minimum atomic E-state index is -3.67. The molecule has 0 aliphatic carbocycles. The Morgan fingerprint density at radius 1 is 1.21 bits per heavy atom. The van der Waals surface area contributed by atoms with Crippen molar-refractivity contribution in [2.24, 2.45) is 0 Å². The molecule has 2 heterocycles. The van der Waals surface area contributed by atoms with Gasteiger partial charge >= 0.3 is 6.03 Å². The Bertz CT molecular complexity index is 900. The second-order valence-electron chi connectivity index (χ2n) is 7.30. The number of amides is 2. The van der Waals surface area contributed by atoms with Gasteiger partial charge in [0.15, 0.2) is 0 Å². The van der Waals surface area contributed by atoms with E-state index >= 15 is 0 Å². The van der Waals surface area contributed by atoms with Crippen LogP contribution in [0.3, 0.4) is 0 Å². The van der Waals surface area contributed by atoms with E-state index in [1.807, 2.05) is 25.3 Å². The molecule has 1 aliphatic rings. The number of carbonyl (C=O) groups excluding carboxylic acids is 1. The summed E-state index contributed by atoms with van der Waals surface area (Å²) in [5.74, 6) is 0. The molecule has 1 saturated heterocycles. The molecule has 0 spiro atoms. The van der Waals surface area contributed by atoms with Crippen LogP contribution in [-0.4, -0.2) is 48.9 Å². The van der Waals surface area contributed by atoms with Gasteiger partial charge in [0.05, 0.1) is 4.90 Å². The standard InChI is InChI=1S/C20H27ClN4O3S/c1-15-4-2-6-18(14-24-20(26)23-13-11-17-5-3-12-22-17)25(15)29(27,28)19-9-7-16(21)8-10-19/h3,5,7-10,12,15,18,22H,2,4,6,11,13-14H2,1H3,(H2,23,24,26)/t15-,18-/m1/s1. The number of carbonyl (C=O) groups is 1. The molecule has 3 N–H and O–H groups in total. The van der Waals surface area contributed by atoms with Crippen LogP contribution in [0, 0.1) is 0 Å². The molecule has 2 aromatic rings. The molecule has 0 unspecified atom stereocenters. The second-order valence-corrected chi connectivity index (χ2v) is 9.58. The Labute approximate surface area is 176 Å². The van der Waals surface area contributed by atoms with Gasteiger partial charge in [-0.1, -0.05) is 18.0 Å². The smallest absolute Gasteiger partial charge is 0.314 e. The number of nitrogens with one attached hydrogen (secondary N) is 3. The van der Waals surface area contributed by atoms with E-state index in [1.54, 1.807) is 16.4 Å². The first-order valence-electron chi connectivity index (χ1n) is 9.81. The number of halogens is 1. The van der Waals surface area contributed by atoms with Gasteiger partial charge in [0.1, 0.15) is 0 Å². The van der Waals surface area contributed by atoms with Crippen molar-refractivity contribution in [3.63, 3.8) is 0 Å². The molecule has 1 aliphatic heterocycles. The van der Waals surface area contributed by atoms with Crippen LogP contribution in [0.5, 0.6) is 0 Å². The van der Waals surface area contributed by atoms with Crippen molar-refractivity contribution >= 4 is 27.7 Å². The summed E-state index contributed by atoms with van der Waals surface area (Å²) >= 11 is 5.90. The normalized spacial score (nSPS) is 20.3. The molecule has 0 bridgehead atoms. The summed E-state index contributed by atoms with van der Waals surface area (Å²) in [5.41, 5.74) is 1.05. The number of urea groups is 1. The summed E-state index contributed by atoms with van der Waals surface area (Å²) < 4.78 is 28.0. The van der Waals surface area contributed by atoms with E-state index in [2.05, 4.69) is 15.6 Å². The number of aromatic amines is 1. The molecular formula is C20H27ClN4O3S. The van der Waals surface area contributed by atoms with Crippen LogP contribution >= 0.6 is 11.6 Å². The van der Waals surface area contributed by atoms with Crippen molar-refractivity contribution < 1.29 is 13.2 Å². The van der Waals surface area contributed by atoms with Gasteiger partial charge in [-0.2, -0.15) is 4.31 Å². The van der Waals surface area contributed by atoms with Crippen LogP contribution < -0.4 is 10.6 Å². The van der Waals surface area contributed by atoms with Gasteiger partial charge in [0.25, 0.3) is 0 Å². The lowest BCUT2D eigenvalue weighted by Crippen LogP contribution is -2.54. The Morgan fingerprint density at radius 2 is 1.97 bits per heavy atom. The van der Waals surface area contributed by atoms with E-state index in [0.29, 0.717) is 24.4 Å². The first-order valence-corrected chi connectivity index (χ1v) is 11.6. The highest BCUT2D eigenvalue weighted by molar-refractivity contribution is 7.89. The summed E-state index contributed by atoms with van der Waals surface area (Å²) in [6.45, 7) is 2.68. The Kier molecular flexibility index (Phi) is 7.21. The lowest BCUT2D eigenvalue weighted by atomic mass is 9.99. The number of aromatic nitrogens is 1. The lowest BCUT2D eigenvalue weighted by Gasteiger charge is -2.39. The SMILES string of the molecule is C[C@@H]1CCC[C@H](CNC(=O)NCCc2ccc[nH]2)N1S(=O)(=O)c1ccc(Cl)cc1. The third-order valence-electron chi connectivity index (χ3n) is 5.18. The maximum absolute atomic E-state index is 13.2. The third kappa shape index (κ3) is 5.52. The van der Waals surface area contributed by atoms with Crippen LogP contribution in [0.25, 0.3) is 0 Å². The number of nitrogens with zero attached hydrogens (tertiary/aromatic N) is 1. The highest BCUT2D eigenvalue weighted by Crippen LogP contribution is 2.30. The summed E-state index contributed by atoms with van der Waals surface area (Å²) in [7, 11) is -3.67. The monoisotopic (exact) mass is 438 g/mol. The summed E-state index contributed by atoms with van der Waals surface area (Å²) in [5, 5.41) is 6.13. The number of H-pyrrole nitrogens is 1. The molecule has 2 amide bonds. The van der Waals surface area contributed by atoms with E-state index in [0.717, 1.165) is 18.5 Å². The van der Waals surface area contributed by atoms with E-state index in [4.69, 9.17) is 11.6 Å². The average molecular weight is 439 g/mol. The topological polar surface area (TPSA) is 94.3 Å². The zero-order valence-electron chi connectivity index (χ0n) is 16.4. The van der Waals surface area contributed by atoms with Crippen LogP contribution in [0.1, 0.15) is 31.9 Å². The van der Waals surface area contributed by atoms with Gasteiger partial charge in [0.2, 0.25) is 10.0 Å². The number of piperidine rings is 1. The molecule has 9 heteroatoms. The molecule has 1 aromatic heterocycles. The zero-order valence-corrected chi connectivity index (χ0v) is 18.0. The van der Waals surface area contributed by atoms with Crippen molar-refractivity contribution in [3.8, 4) is 0 Å². The first-order chi connectivity index (χ1) is 13.9. The molecule has 3 rings (SSSR count). The molecule has 2 atom stereocenters. The lowest BCUT2D eigenvalue weighted by molar-refractivity contribution is 0.185. The van der Waals surface area contributed by atoms with Crippen molar-refractivity contribution in [2.45, 2.75) is 49.6 Å². The number of hydrogen-bond donors (Lipinski definition) is 3. The van der Waals surface area contributed by atoms with Crippen LogP contribution in [0.4, 0.5) is 4.79 Å². The first kappa shape index (κ1) is 21.7. The predicted molar refractivity (Wildman–Crippen MR) is 113 cm³/mol. The van der Waals surface area contributed by atoms with Gasteiger partial charge in [0, 0.05) is 48.5 Å². The molecule has 1 fully saturated rings. The van der Waals surface area contributed by atoms with E-state index < -0.39 is 10.0 Å².